The fourth-order valence-corrected chi connectivity index (χ4v) is 1.20. The predicted molar refractivity (Wildman–Crippen MR) is 53.6 cm³/mol. The van der Waals surface area contributed by atoms with Gasteiger partial charge in [-0.25, -0.2) is 8.42 Å². The molecule has 0 saturated heterocycles. The summed E-state index contributed by atoms with van der Waals surface area (Å²) in [5.74, 6) is 0. The Morgan fingerprint density at radius 2 is 1.71 bits per heavy atom. The molecule has 0 spiro atoms. The van der Waals surface area contributed by atoms with Crippen LogP contribution in [0.4, 0.5) is 0 Å². The molecular weight excluding hydrogens is 258 g/mol. The van der Waals surface area contributed by atoms with E-state index in [1.54, 1.807) is 0 Å². The van der Waals surface area contributed by atoms with Crippen molar-refractivity contribution in [2.45, 2.75) is 11.6 Å². The van der Waals surface area contributed by atoms with Crippen LogP contribution in [0, 0.1) is 0 Å². The van der Waals surface area contributed by atoms with E-state index in [4.69, 9.17) is 15.3 Å². The summed E-state index contributed by atoms with van der Waals surface area (Å²) in [6.45, 7) is -2.80. The molecule has 0 aromatic carbocycles. The smallest absolute Gasteiger partial charge is 0.217 e. The zero-order valence-electron chi connectivity index (χ0n) is 8.94. The molecule has 10 heteroatoms. The Balaban J connectivity index is 4.09. The monoisotopic (exact) mass is 274 g/mol. The van der Waals surface area contributed by atoms with Crippen molar-refractivity contribution in [3.63, 3.8) is 0 Å². The highest BCUT2D eigenvalue weighted by molar-refractivity contribution is 7.80. The Bertz CT molecular complexity index is 293. The first-order chi connectivity index (χ1) is 7.78. The quantitative estimate of drug-likeness (QED) is 0.209. The van der Waals surface area contributed by atoms with E-state index in [2.05, 4.69) is 9.50 Å². The number of rotatable bonds is 9. The molecule has 104 valence electrons. The van der Waals surface area contributed by atoms with E-state index >= 15 is 0 Å². The summed E-state index contributed by atoms with van der Waals surface area (Å²) in [7, 11) is -4.88. The molecule has 0 aromatic heterocycles. The molecule has 0 radical (unpaired) electrons. The van der Waals surface area contributed by atoms with E-state index < -0.39 is 48.5 Å². The summed E-state index contributed by atoms with van der Waals surface area (Å²) in [6, 6.07) is 0. The molecule has 0 aliphatic carbocycles. The molecule has 0 rings (SSSR count). The minimum atomic E-state index is -4.88. The van der Waals surface area contributed by atoms with Crippen molar-refractivity contribution in [3.05, 3.63) is 0 Å². The third-order valence-corrected chi connectivity index (χ3v) is 2.45. The van der Waals surface area contributed by atoms with Gasteiger partial charge in [-0.15, -0.1) is 0 Å². The number of hydrogen-bond donors (Lipinski definition) is 5. The van der Waals surface area contributed by atoms with Gasteiger partial charge in [-0.05, 0) is 0 Å². The minimum absolute atomic E-state index is 0.281. The van der Waals surface area contributed by atoms with Crippen LogP contribution < -0.4 is 5.32 Å². The zero-order valence-corrected chi connectivity index (χ0v) is 9.76. The number of aliphatic hydroxyl groups is 4. The van der Waals surface area contributed by atoms with Crippen molar-refractivity contribution in [3.8, 4) is 0 Å². The zero-order chi connectivity index (χ0) is 13.5. The number of aliphatic hydroxyl groups excluding tert-OH is 4. The van der Waals surface area contributed by atoms with Crippen LogP contribution >= 0.6 is 0 Å². The molecule has 17 heavy (non-hydrogen) atoms. The Hall–Kier alpha value is -0.330. The van der Waals surface area contributed by atoms with Gasteiger partial charge in [0, 0.05) is 6.54 Å². The molecule has 1 atom stereocenters. The highest BCUT2D eigenvalue weighted by atomic mass is 32.3. The van der Waals surface area contributed by atoms with Crippen molar-refractivity contribution >= 4 is 10.4 Å². The number of hydrogen-bond acceptors (Lipinski definition) is 9. The second-order valence-electron chi connectivity index (χ2n) is 3.48. The Morgan fingerprint density at radius 1 is 1.24 bits per heavy atom. The lowest BCUT2D eigenvalue weighted by atomic mass is 10.0. The normalized spacial score (nSPS) is 14.9. The molecule has 0 fully saturated rings. The summed E-state index contributed by atoms with van der Waals surface area (Å²) in [5.41, 5.74) is -1.39. The van der Waals surface area contributed by atoms with Crippen molar-refractivity contribution < 1.29 is 37.6 Å². The van der Waals surface area contributed by atoms with Crippen molar-refractivity contribution in [2.75, 3.05) is 33.0 Å². The van der Waals surface area contributed by atoms with E-state index in [1.807, 2.05) is 0 Å². The predicted octanol–water partition coefficient (Wildman–Crippen LogP) is -3.87. The second-order valence-corrected chi connectivity index (χ2v) is 4.53. The lowest BCUT2D eigenvalue weighted by Gasteiger charge is -2.29. The molecule has 0 amide bonds. The topological polar surface area (TPSA) is 159 Å². The minimum Gasteiger partial charge on any atom is -0.726 e. The van der Waals surface area contributed by atoms with Crippen LogP contribution in [-0.4, -0.2) is 78.0 Å². The van der Waals surface area contributed by atoms with Crippen LogP contribution in [0.3, 0.4) is 0 Å². The van der Waals surface area contributed by atoms with Gasteiger partial charge in [-0.1, -0.05) is 0 Å². The average molecular weight is 274 g/mol. The third-order valence-electron chi connectivity index (χ3n) is 2.03. The van der Waals surface area contributed by atoms with Crippen LogP contribution in [0.1, 0.15) is 0 Å². The van der Waals surface area contributed by atoms with Gasteiger partial charge in [0.2, 0.25) is 10.4 Å². The van der Waals surface area contributed by atoms with Crippen LogP contribution in [0.2, 0.25) is 0 Å². The van der Waals surface area contributed by atoms with Gasteiger partial charge in [-0.3, -0.25) is 4.18 Å². The van der Waals surface area contributed by atoms with Crippen LogP contribution in [0.25, 0.3) is 0 Å². The summed E-state index contributed by atoms with van der Waals surface area (Å²) < 4.78 is 34.0. The van der Waals surface area contributed by atoms with E-state index in [0.717, 1.165) is 0 Å². The maximum atomic E-state index is 10.1. The van der Waals surface area contributed by atoms with Gasteiger partial charge >= 0.3 is 0 Å². The van der Waals surface area contributed by atoms with Crippen LogP contribution in [0.15, 0.2) is 0 Å². The molecule has 0 heterocycles. The van der Waals surface area contributed by atoms with Gasteiger partial charge in [0.1, 0.15) is 0 Å². The summed E-state index contributed by atoms with van der Waals surface area (Å²) in [5, 5.41) is 38.4. The van der Waals surface area contributed by atoms with E-state index in [9.17, 15) is 18.1 Å². The fourth-order valence-electron chi connectivity index (χ4n) is 0.873. The lowest BCUT2D eigenvalue weighted by molar-refractivity contribution is 0.0255. The summed E-state index contributed by atoms with van der Waals surface area (Å²) in [6.07, 6.45) is -1.34. The SMILES string of the molecule is O=S(=O)([O-])OCC(O)CNC(CO)(CO)CO. The molecular formula is C7H16NO8S-. The van der Waals surface area contributed by atoms with Gasteiger partial charge in [0.05, 0.1) is 38.1 Å². The lowest BCUT2D eigenvalue weighted by Crippen LogP contribution is -2.57. The van der Waals surface area contributed by atoms with Crippen LogP contribution in [0.5, 0.6) is 0 Å². The summed E-state index contributed by atoms with van der Waals surface area (Å²) in [4.78, 5) is 0. The standard InChI is InChI=1S/C7H17NO8S/c9-3-7(4-10,5-11)8-1-6(12)2-16-17(13,14)15/h6,8-12H,1-5H2,(H,13,14,15)/p-1. The molecule has 5 N–H and O–H groups in total. The molecule has 0 aromatic rings. The Kier molecular flexibility index (Phi) is 7.04. The largest absolute Gasteiger partial charge is 0.726 e. The first-order valence-electron chi connectivity index (χ1n) is 4.64. The maximum Gasteiger partial charge on any atom is 0.217 e. The van der Waals surface area contributed by atoms with E-state index in [-0.39, 0.29) is 6.54 Å². The second kappa shape index (κ2) is 7.18. The van der Waals surface area contributed by atoms with Crippen molar-refractivity contribution in [2.24, 2.45) is 0 Å². The van der Waals surface area contributed by atoms with Gasteiger partial charge in [0.15, 0.2) is 0 Å². The first-order valence-corrected chi connectivity index (χ1v) is 5.98. The van der Waals surface area contributed by atoms with E-state index in [0.29, 0.717) is 0 Å². The Morgan fingerprint density at radius 3 is 2.06 bits per heavy atom. The van der Waals surface area contributed by atoms with Gasteiger partial charge in [0.25, 0.3) is 0 Å². The van der Waals surface area contributed by atoms with E-state index in [1.165, 1.54) is 0 Å². The van der Waals surface area contributed by atoms with Crippen molar-refractivity contribution in [1.82, 2.24) is 5.32 Å². The van der Waals surface area contributed by atoms with Gasteiger partial charge < -0.3 is 30.3 Å². The average Bonchev–Trinajstić information content (AvgIpc) is 2.28. The van der Waals surface area contributed by atoms with Gasteiger partial charge in [-0.2, -0.15) is 0 Å². The number of nitrogens with one attached hydrogen (secondary N) is 1. The Labute approximate surface area is 98.6 Å². The van der Waals surface area contributed by atoms with Crippen LogP contribution in [-0.2, 0) is 14.6 Å². The maximum absolute atomic E-state index is 10.1. The first kappa shape index (κ1) is 16.7. The molecule has 1 unspecified atom stereocenters. The van der Waals surface area contributed by atoms with Crippen molar-refractivity contribution in [1.29, 1.82) is 0 Å². The highest BCUT2D eigenvalue weighted by Crippen LogP contribution is 2.01. The highest BCUT2D eigenvalue weighted by Gasteiger charge is 2.28. The summed E-state index contributed by atoms with van der Waals surface area (Å²) >= 11 is 0. The molecule has 9 nitrogen and oxygen atoms in total. The molecule has 0 bridgehead atoms. The molecule has 0 aliphatic rings. The third kappa shape index (κ3) is 6.85. The fraction of sp³-hybridized carbons (Fsp3) is 1.00. The number of β-amino-alcohol motifs (C(OH)–C–C–N with tert-alkyl or cyclic N) is 1. The molecule has 0 saturated carbocycles. The molecule has 0 aliphatic heterocycles.